The highest BCUT2D eigenvalue weighted by atomic mass is 16.5. The van der Waals surface area contributed by atoms with Crippen LogP contribution in [0, 0.1) is 27.7 Å². The van der Waals surface area contributed by atoms with Crippen molar-refractivity contribution in [2.24, 2.45) is 0 Å². The summed E-state index contributed by atoms with van der Waals surface area (Å²) in [5.41, 5.74) is 5.57. The van der Waals surface area contributed by atoms with Crippen LogP contribution in [0.1, 0.15) is 57.5 Å². The first-order valence-electron chi connectivity index (χ1n) is 9.07. The minimum atomic E-state index is -0.0434. The zero-order valence-electron chi connectivity index (χ0n) is 15.7. The van der Waals surface area contributed by atoms with Gasteiger partial charge in [-0.1, -0.05) is 16.8 Å². The predicted octanol–water partition coefficient (Wildman–Crippen LogP) is 4.43. The average molecular weight is 349 g/mol. The molecular weight excluding hydrogens is 326 g/mol. The molecule has 0 saturated carbocycles. The molecule has 4 rings (SSSR count). The molecule has 1 aromatic carbocycles. The lowest BCUT2D eigenvalue weighted by Gasteiger charge is -2.24. The topological polar surface area (TPSA) is 59.2 Å². The maximum Gasteiger partial charge on any atom is 0.255 e. The van der Waals surface area contributed by atoms with Gasteiger partial charge in [0.05, 0.1) is 22.8 Å². The fourth-order valence-corrected chi connectivity index (χ4v) is 3.99. The lowest BCUT2D eigenvalue weighted by molar-refractivity contribution is 0.0716. The highest BCUT2D eigenvalue weighted by Crippen LogP contribution is 2.35. The normalized spacial score (nSPS) is 17.2. The van der Waals surface area contributed by atoms with E-state index in [0.717, 1.165) is 64.1 Å². The molecule has 1 aliphatic heterocycles. The van der Waals surface area contributed by atoms with E-state index in [9.17, 15) is 4.79 Å². The van der Waals surface area contributed by atoms with Gasteiger partial charge in [-0.15, -0.1) is 0 Å². The number of nitrogens with zero attached hydrogens (tertiary/aromatic N) is 3. The molecule has 1 fully saturated rings. The first kappa shape index (κ1) is 16.8. The van der Waals surface area contributed by atoms with Gasteiger partial charge in [0.25, 0.3) is 5.91 Å². The maximum atomic E-state index is 13.5. The van der Waals surface area contributed by atoms with Gasteiger partial charge in [-0.25, -0.2) is 0 Å². The Hall–Kier alpha value is -2.69. The number of hydrogen-bond acceptors (Lipinski definition) is 4. The summed E-state index contributed by atoms with van der Waals surface area (Å²) in [6.07, 6.45) is 1.87. The third-order valence-corrected chi connectivity index (χ3v) is 5.10. The molecule has 5 heteroatoms. The van der Waals surface area contributed by atoms with Crippen LogP contribution in [0.2, 0.25) is 0 Å². The van der Waals surface area contributed by atoms with E-state index < -0.39 is 0 Å². The van der Waals surface area contributed by atoms with Gasteiger partial charge in [0.15, 0.2) is 5.76 Å². The molecule has 2 aromatic heterocycles. The number of rotatable bonds is 2. The minimum absolute atomic E-state index is 0.0434. The Kier molecular flexibility index (Phi) is 4.02. The molecule has 0 radical (unpaired) electrons. The fourth-order valence-electron chi connectivity index (χ4n) is 3.99. The summed E-state index contributed by atoms with van der Waals surface area (Å²) in [5.74, 6) is 0.817. The number of aromatic nitrogens is 2. The van der Waals surface area contributed by atoms with Crippen molar-refractivity contribution in [3.63, 3.8) is 0 Å². The van der Waals surface area contributed by atoms with Crippen LogP contribution in [0.4, 0.5) is 0 Å². The quantitative estimate of drug-likeness (QED) is 0.686. The second-order valence-corrected chi connectivity index (χ2v) is 7.32. The highest BCUT2D eigenvalue weighted by Gasteiger charge is 2.34. The summed E-state index contributed by atoms with van der Waals surface area (Å²) >= 11 is 0. The van der Waals surface area contributed by atoms with E-state index in [-0.39, 0.29) is 11.9 Å². The van der Waals surface area contributed by atoms with Crippen molar-refractivity contribution in [1.29, 1.82) is 0 Å². The van der Waals surface area contributed by atoms with Gasteiger partial charge in [0.1, 0.15) is 0 Å². The van der Waals surface area contributed by atoms with Gasteiger partial charge in [0.2, 0.25) is 0 Å². The van der Waals surface area contributed by atoms with E-state index in [0.29, 0.717) is 0 Å². The third kappa shape index (κ3) is 2.77. The standard InChI is InChI=1S/C21H23N3O2/c1-12-8-13(2)20-16(9-12)17(10-14(3)22-20)21(25)24-7-5-6-18(24)19-11-15(4)23-26-19/h8-11,18H,5-7H2,1-4H3. The van der Waals surface area contributed by atoms with Gasteiger partial charge in [-0.3, -0.25) is 9.78 Å². The Labute approximate surface area is 153 Å². The van der Waals surface area contributed by atoms with Crippen molar-refractivity contribution in [3.8, 4) is 0 Å². The van der Waals surface area contributed by atoms with Crippen molar-refractivity contribution in [1.82, 2.24) is 15.0 Å². The Morgan fingerprint density at radius 2 is 1.92 bits per heavy atom. The zero-order chi connectivity index (χ0) is 18.4. The van der Waals surface area contributed by atoms with Gasteiger partial charge in [0, 0.05) is 23.7 Å². The smallest absolute Gasteiger partial charge is 0.255 e. The molecule has 1 unspecified atom stereocenters. The van der Waals surface area contributed by atoms with Gasteiger partial charge >= 0.3 is 0 Å². The summed E-state index contributed by atoms with van der Waals surface area (Å²) in [6.45, 7) is 8.68. The molecule has 0 bridgehead atoms. The molecule has 1 aliphatic rings. The number of amides is 1. The molecule has 1 saturated heterocycles. The molecular formula is C21H23N3O2. The van der Waals surface area contributed by atoms with E-state index in [1.807, 2.05) is 37.8 Å². The maximum absolute atomic E-state index is 13.5. The van der Waals surface area contributed by atoms with Crippen LogP contribution >= 0.6 is 0 Å². The van der Waals surface area contributed by atoms with Crippen LogP contribution in [-0.2, 0) is 0 Å². The van der Waals surface area contributed by atoms with E-state index in [1.54, 1.807) is 0 Å². The molecule has 26 heavy (non-hydrogen) atoms. The van der Waals surface area contributed by atoms with Crippen LogP contribution in [-0.4, -0.2) is 27.5 Å². The molecule has 0 spiro atoms. The SMILES string of the molecule is Cc1cc(C)c2nc(C)cc(C(=O)N3CCCC3c3cc(C)no3)c2c1. The van der Waals surface area contributed by atoms with Crippen molar-refractivity contribution >= 4 is 16.8 Å². The van der Waals surface area contributed by atoms with E-state index in [2.05, 4.69) is 29.2 Å². The summed E-state index contributed by atoms with van der Waals surface area (Å²) in [6, 6.07) is 7.97. The van der Waals surface area contributed by atoms with E-state index in [4.69, 9.17) is 4.52 Å². The van der Waals surface area contributed by atoms with Gasteiger partial charge in [-0.2, -0.15) is 0 Å². The Morgan fingerprint density at radius 3 is 2.65 bits per heavy atom. The van der Waals surface area contributed by atoms with Crippen LogP contribution in [0.25, 0.3) is 10.9 Å². The fraction of sp³-hybridized carbons (Fsp3) is 0.381. The third-order valence-electron chi connectivity index (χ3n) is 5.10. The van der Waals surface area contributed by atoms with E-state index in [1.165, 1.54) is 0 Å². The number of likely N-dealkylation sites (tertiary alicyclic amines) is 1. The zero-order valence-corrected chi connectivity index (χ0v) is 15.7. The highest BCUT2D eigenvalue weighted by molar-refractivity contribution is 6.07. The van der Waals surface area contributed by atoms with Crippen LogP contribution in [0.15, 0.2) is 28.8 Å². The summed E-state index contributed by atoms with van der Waals surface area (Å²) < 4.78 is 5.46. The summed E-state index contributed by atoms with van der Waals surface area (Å²) in [7, 11) is 0. The first-order chi connectivity index (χ1) is 12.4. The lowest BCUT2D eigenvalue weighted by Crippen LogP contribution is -2.30. The monoisotopic (exact) mass is 349 g/mol. The van der Waals surface area contributed by atoms with Crippen molar-refractivity contribution in [2.75, 3.05) is 6.54 Å². The number of fused-ring (bicyclic) bond motifs is 1. The van der Waals surface area contributed by atoms with Gasteiger partial charge < -0.3 is 9.42 Å². The Bertz CT molecular complexity index is 1010. The molecule has 1 atom stereocenters. The predicted molar refractivity (Wildman–Crippen MR) is 100 cm³/mol. The van der Waals surface area contributed by atoms with E-state index >= 15 is 0 Å². The van der Waals surface area contributed by atoms with Crippen molar-refractivity contribution in [3.05, 3.63) is 58.1 Å². The Morgan fingerprint density at radius 1 is 1.12 bits per heavy atom. The number of carbonyl (C=O) groups excluding carboxylic acids is 1. The summed E-state index contributed by atoms with van der Waals surface area (Å²) in [5, 5.41) is 4.92. The molecule has 0 N–H and O–H groups in total. The lowest BCUT2D eigenvalue weighted by atomic mass is 10.0. The minimum Gasteiger partial charge on any atom is -0.359 e. The second-order valence-electron chi connectivity index (χ2n) is 7.32. The Balaban J connectivity index is 1.81. The number of carbonyl (C=O) groups is 1. The molecule has 5 nitrogen and oxygen atoms in total. The average Bonchev–Trinajstić information content (AvgIpc) is 3.23. The molecule has 3 heterocycles. The number of aryl methyl sites for hydroxylation is 4. The van der Waals surface area contributed by atoms with Crippen LogP contribution in [0.5, 0.6) is 0 Å². The van der Waals surface area contributed by atoms with Crippen LogP contribution < -0.4 is 0 Å². The van der Waals surface area contributed by atoms with Crippen molar-refractivity contribution < 1.29 is 9.32 Å². The first-order valence-corrected chi connectivity index (χ1v) is 9.07. The molecule has 3 aromatic rings. The number of pyridine rings is 1. The van der Waals surface area contributed by atoms with Gasteiger partial charge in [-0.05, 0) is 58.2 Å². The largest absolute Gasteiger partial charge is 0.359 e. The molecule has 0 aliphatic carbocycles. The molecule has 134 valence electrons. The van der Waals surface area contributed by atoms with Crippen molar-refractivity contribution in [2.45, 2.75) is 46.6 Å². The molecule has 1 amide bonds. The second kappa shape index (κ2) is 6.24. The number of benzene rings is 1. The number of hydrogen-bond donors (Lipinski definition) is 0. The summed E-state index contributed by atoms with van der Waals surface area (Å²) in [4.78, 5) is 20.1. The van der Waals surface area contributed by atoms with Crippen LogP contribution in [0.3, 0.4) is 0 Å².